The number of carbonyl (C=O) groups is 2. The minimum Gasteiger partial charge on any atom is -0.495 e. The van der Waals surface area contributed by atoms with Gasteiger partial charge in [-0.1, -0.05) is 35.9 Å². The molecule has 0 heterocycles. The molecule has 0 radical (unpaired) electrons. The number of hydrogen-bond donors (Lipinski definition) is 1. The molecule has 6 heteroatoms. The van der Waals surface area contributed by atoms with Crippen molar-refractivity contribution >= 4 is 35.2 Å². The van der Waals surface area contributed by atoms with Gasteiger partial charge < -0.3 is 14.8 Å². The van der Waals surface area contributed by atoms with E-state index in [0.717, 1.165) is 11.1 Å². The summed E-state index contributed by atoms with van der Waals surface area (Å²) in [5.74, 6) is -0.544. The Morgan fingerprint density at radius 1 is 1.20 bits per heavy atom. The quantitative estimate of drug-likeness (QED) is 0.628. The van der Waals surface area contributed by atoms with Crippen molar-refractivity contribution in [1.29, 1.82) is 0 Å². The zero-order valence-corrected chi connectivity index (χ0v) is 14.7. The van der Waals surface area contributed by atoms with Crippen molar-refractivity contribution in [2.45, 2.75) is 6.92 Å². The van der Waals surface area contributed by atoms with Crippen LogP contribution < -0.4 is 10.1 Å². The van der Waals surface area contributed by atoms with Gasteiger partial charge in [-0.3, -0.25) is 4.79 Å². The topological polar surface area (TPSA) is 64.6 Å². The summed E-state index contributed by atoms with van der Waals surface area (Å²) in [7, 11) is 1.50. The molecule has 1 N–H and O–H groups in total. The molecule has 0 spiro atoms. The van der Waals surface area contributed by atoms with Gasteiger partial charge in [-0.2, -0.15) is 0 Å². The highest BCUT2D eigenvalue weighted by atomic mass is 35.5. The van der Waals surface area contributed by atoms with Crippen LogP contribution in [-0.4, -0.2) is 25.6 Å². The first kappa shape index (κ1) is 18.5. The summed E-state index contributed by atoms with van der Waals surface area (Å²) in [5.41, 5.74) is 2.44. The fourth-order valence-corrected chi connectivity index (χ4v) is 2.32. The number of methoxy groups -OCH3 is 1. The number of amides is 1. The molecule has 0 fully saturated rings. The van der Waals surface area contributed by atoms with E-state index in [0.29, 0.717) is 16.5 Å². The Labute approximate surface area is 151 Å². The van der Waals surface area contributed by atoms with E-state index in [-0.39, 0.29) is 6.61 Å². The maximum atomic E-state index is 11.8. The molecular formula is C19H18ClNO4. The van der Waals surface area contributed by atoms with E-state index in [9.17, 15) is 9.59 Å². The van der Waals surface area contributed by atoms with Gasteiger partial charge in [-0.15, -0.1) is 0 Å². The standard InChI is InChI=1S/C19H18ClNO4/c1-13-5-3-4-6-14(13)7-10-19(23)25-12-18(22)21-15-8-9-17(24-2)16(20)11-15/h3-11H,12H2,1-2H3,(H,21,22)/b10-7+. The lowest BCUT2D eigenvalue weighted by molar-refractivity contribution is -0.142. The van der Waals surface area contributed by atoms with Crippen LogP contribution in [0.5, 0.6) is 5.75 Å². The van der Waals surface area contributed by atoms with Gasteiger partial charge in [0.1, 0.15) is 5.75 Å². The number of aryl methyl sites for hydroxylation is 1. The Hall–Kier alpha value is -2.79. The zero-order valence-electron chi connectivity index (χ0n) is 13.9. The maximum Gasteiger partial charge on any atom is 0.331 e. The molecule has 0 aliphatic rings. The van der Waals surface area contributed by atoms with Crippen LogP contribution in [0.15, 0.2) is 48.5 Å². The molecule has 0 aliphatic carbocycles. The van der Waals surface area contributed by atoms with E-state index in [1.54, 1.807) is 24.3 Å². The molecule has 25 heavy (non-hydrogen) atoms. The predicted molar refractivity (Wildman–Crippen MR) is 97.8 cm³/mol. The zero-order chi connectivity index (χ0) is 18.2. The number of carbonyl (C=O) groups excluding carboxylic acids is 2. The molecule has 130 valence electrons. The Morgan fingerprint density at radius 3 is 2.64 bits per heavy atom. The van der Waals surface area contributed by atoms with E-state index in [2.05, 4.69) is 5.32 Å². The molecule has 0 aliphatic heterocycles. The van der Waals surface area contributed by atoms with Crippen LogP contribution in [0.4, 0.5) is 5.69 Å². The van der Waals surface area contributed by atoms with E-state index < -0.39 is 11.9 Å². The summed E-state index contributed by atoms with van der Waals surface area (Å²) in [6, 6.07) is 12.5. The van der Waals surface area contributed by atoms with E-state index >= 15 is 0 Å². The Bertz CT molecular complexity index is 802. The number of hydrogen-bond acceptors (Lipinski definition) is 4. The third-order valence-corrected chi connectivity index (χ3v) is 3.66. The first-order chi connectivity index (χ1) is 12.0. The van der Waals surface area contributed by atoms with Crippen molar-refractivity contribution in [3.63, 3.8) is 0 Å². The van der Waals surface area contributed by atoms with Gasteiger partial charge in [0.05, 0.1) is 12.1 Å². The summed E-state index contributed by atoms with van der Waals surface area (Å²) >= 11 is 5.98. The number of anilines is 1. The second-order valence-corrected chi connectivity index (χ2v) is 5.60. The van der Waals surface area contributed by atoms with Gasteiger partial charge in [0.15, 0.2) is 6.61 Å². The highest BCUT2D eigenvalue weighted by molar-refractivity contribution is 6.32. The molecule has 5 nitrogen and oxygen atoms in total. The van der Waals surface area contributed by atoms with Crippen LogP contribution in [0, 0.1) is 6.92 Å². The average molecular weight is 360 g/mol. The maximum absolute atomic E-state index is 11.8. The molecule has 2 aromatic rings. The molecule has 0 atom stereocenters. The van der Waals surface area contributed by atoms with Gasteiger partial charge in [-0.05, 0) is 42.3 Å². The first-order valence-electron chi connectivity index (χ1n) is 7.53. The molecule has 0 bridgehead atoms. The predicted octanol–water partition coefficient (Wildman–Crippen LogP) is 3.85. The summed E-state index contributed by atoms with van der Waals surface area (Å²) in [6.45, 7) is 1.55. The number of benzene rings is 2. The van der Waals surface area contributed by atoms with Crippen molar-refractivity contribution < 1.29 is 19.1 Å². The highest BCUT2D eigenvalue weighted by Gasteiger charge is 2.08. The van der Waals surface area contributed by atoms with E-state index in [4.69, 9.17) is 21.1 Å². The fraction of sp³-hybridized carbons (Fsp3) is 0.158. The largest absolute Gasteiger partial charge is 0.495 e. The number of nitrogens with one attached hydrogen (secondary N) is 1. The van der Waals surface area contributed by atoms with E-state index in [1.807, 2.05) is 31.2 Å². The minimum absolute atomic E-state index is 0.374. The van der Waals surface area contributed by atoms with Crippen molar-refractivity contribution in [2.75, 3.05) is 19.0 Å². The Morgan fingerprint density at radius 2 is 1.96 bits per heavy atom. The van der Waals surface area contributed by atoms with E-state index in [1.165, 1.54) is 13.2 Å². The lowest BCUT2D eigenvalue weighted by Crippen LogP contribution is -2.20. The van der Waals surface area contributed by atoms with Gasteiger partial charge in [0.2, 0.25) is 0 Å². The van der Waals surface area contributed by atoms with Crippen molar-refractivity contribution in [2.24, 2.45) is 0 Å². The number of esters is 1. The summed E-state index contributed by atoms with van der Waals surface area (Å²) in [6.07, 6.45) is 2.94. The molecule has 0 aromatic heterocycles. The smallest absolute Gasteiger partial charge is 0.331 e. The third-order valence-electron chi connectivity index (χ3n) is 3.37. The lowest BCUT2D eigenvalue weighted by Gasteiger charge is -2.08. The van der Waals surface area contributed by atoms with Gasteiger partial charge in [0.25, 0.3) is 5.91 Å². The average Bonchev–Trinajstić information content (AvgIpc) is 2.59. The minimum atomic E-state index is -0.592. The molecule has 2 rings (SSSR count). The normalized spacial score (nSPS) is 10.5. The monoisotopic (exact) mass is 359 g/mol. The Balaban J connectivity index is 1.84. The molecule has 0 unspecified atom stereocenters. The van der Waals surface area contributed by atoms with Gasteiger partial charge in [-0.25, -0.2) is 4.79 Å². The molecule has 0 saturated heterocycles. The van der Waals surface area contributed by atoms with Gasteiger partial charge >= 0.3 is 5.97 Å². The van der Waals surface area contributed by atoms with Crippen LogP contribution >= 0.6 is 11.6 Å². The molecule has 0 saturated carbocycles. The van der Waals surface area contributed by atoms with Crippen LogP contribution in [0.2, 0.25) is 5.02 Å². The second kappa shape index (κ2) is 8.89. The second-order valence-electron chi connectivity index (χ2n) is 5.20. The summed E-state index contributed by atoms with van der Waals surface area (Å²) in [5, 5.41) is 2.97. The number of rotatable bonds is 6. The van der Waals surface area contributed by atoms with Crippen LogP contribution in [-0.2, 0) is 14.3 Å². The lowest BCUT2D eigenvalue weighted by atomic mass is 10.1. The number of ether oxygens (including phenoxy) is 2. The van der Waals surface area contributed by atoms with Crippen molar-refractivity contribution in [3.8, 4) is 5.75 Å². The SMILES string of the molecule is COc1ccc(NC(=O)COC(=O)/C=C/c2ccccc2C)cc1Cl. The molecule has 1 amide bonds. The fourth-order valence-electron chi connectivity index (χ4n) is 2.06. The third kappa shape index (κ3) is 5.65. The molecular weight excluding hydrogens is 342 g/mol. The van der Waals surface area contributed by atoms with Crippen LogP contribution in [0.25, 0.3) is 6.08 Å². The molecule has 2 aromatic carbocycles. The van der Waals surface area contributed by atoms with Crippen molar-refractivity contribution in [1.82, 2.24) is 0 Å². The highest BCUT2D eigenvalue weighted by Crippen LogP contribution is 2.27. The Kier molecular flexibility index (Phi) is 6.60. The first-order valence-corrected chi connectivity index (χ1v) is 7.91. The number of halogens is 1. The van der Waals surface area contributed by atoms with Crippen LogP contribution in [0.3, 0.4) is 0 Å². The summed E-state index contributed by atoms with van der Waals surface area (Å²) < 4.78 is 9.95. The summed E-state index contributed by atoms with van der Waals surface area (Å²) in [4.78, 5) is 23.5. The van der Waals surface area contributed by atoms with Crippen LogP contribution in [0.1, 0.15) is 11.1 Å². The van der Waals surface area contributed by atoms with Gasteiger partial charge in [0, 0.05) is 11.8 Å². The van der Waals surface area contributed by atoms with Crippen molar-refractivity contribution in [3.05, 3.63) is 64.7 Å².